The molecule has 5 rings (SSSR count). The number of piperazine rings is 1. The summed E-state index contributed by atoms with van der Waals surface area (Å²) in [5.41, 5.74) is 3.00. The Morgan fingerprint density at radius 2 is 1.86 bits per heavy atom. The largest absolute Gasteiger partial charge is 0.487 e. The van der Waals surface area contributed by atoms with Gasteiger partial charge in [-0.2, -0.15) is 5.26 Å². The highest BCUT2D eigenvalue weighted by Gasteiger charge is 2.29. The van der Waals surface area contributed by atoms with E-state index in [2.05, 4.69) is 52.2 Å². The minimum Gasteiger partial charge on any atom is -0.487 e. The Morgan fingerprint density at radius 1 is 1.11 bits per heavy atom. The van der Waals surface area contributed by atoms with Gasteiger partial charge < -0.3 is 19.7 Å². The van der Waals surface area contributed by atoms with Crippen molar-refractivity contribution in [2.75, 3.05) is 31.1 Å². The second kappa shape index (κ2) is 10.3. The van der Waals surface area contributed by atoms with Crippen molar-refractivity contribution in [1.82, 2.24) is 15.3 Å². The van der Waals surface area contributed by atoms with Crippen molar-refractivity contribution in [2.45, 2.75) is 44.8 Å². The number of rotatable bonds is 8. The van der Waals surface area contributed by atoms with E-state index < -0.39 is 0 Å². The summed E-state index contributed by atoms with van der Waals surface area (Å²) >= 11 is 6.55. The molecular weight excluding hydrogens is 474 g/mol. The van der Waals surface area contributed by atoms with Crippen molar-refractivity contribution < 1.29 is 9.47 Å². The summed E-state index contributed by atoms with van der Waals surface area (Å²) in [7, 11) is 0. The fourth-order valence-electron chi connectivity index (χ4n) is 4.28. The number of nitrogens with zero attached hydrogens (tertiary/aromatic N) is 4. The third kappa shape index (κ3) is 5.40. The molecule has 0 atom stereocenters. The fraction of sp³-hybridized carbons (Fsp3) is 0.393. The van der Waals surface area contributed by atoms with E-state index in [0.29, 0.717) is 22.9 Å². The van der Waals surface area contributed by atoms with Gasteiger partial charge in [-0.15, -0.1) is 0 Å². The number of halogens is 1. The van der Waals surface area contributed by atoms with Crippen LogP contribution in [0.3, 0.4) is 0 Å². The van der Waals surface area contributed by atoms with Crippen LogP contribution in [0.25, 0.3) is 0 Å². The quantitative estimate of drug-likeness (QED) is 0.470. The summed E-state index contributed by atoms with van der Waals surface area (Å²) in [6.45, 7) is 8.29. The van der Waals surface area contributed by atoms with Gasteiger partial charge >= 0.3 is 0 Å². The lowest BCUT2D eigenvalue weighted by Gasteiger charge is -2.27. The van der Waals surface area contributed by atoms with Gasteiger partial charge in [-0.3, -0.25) is 0 Å². The third-order valence-corrected chi connectivity index (χ3v) is 7.04. The van der Waals surface area contributed by atoms with Gasteiger partial charge in [0.15, 0.2) is 5.75 Å². The summed E-state index contributed by atoms with van der Waals surface area (Å²) in [5, 5.41) is 13.5. The van der Waals surface area contributed by atoms with Crippen molar-refractivity contribution >= 4 is 17.5 Å². The Morgan fingerprint density at radius 3 is 2.56 bits per heavy atom. The number of hydrogen-bond donors (Lipinski definition) is 1. The van der Waals surface area contributed by atoms with E-state index in [1.54, 1.807) is 6.20 Å². The van der Waals surface area contributed by atoms with Crippen LogP contribution in [0, 0.1) is 11.3 Å². The highest BCUT2D eigenvalue weighted by molar-refractivity contribution is 6.32. The smallest absolute Gasteiger partial charge is 0.225 e. The van der Waals surface area contributed by atoms with Gasteiger partial charge in [0.1, 0.15) is 18.4 Å². The second-order valence-corrected chi connectivity index (χ2v) is 10.2. The van der Waals surface area contributed by atoms with Crippen molar-refractivity contribution in [2.24, 2.45) is 0 Å². The summed E-state index contributed by atoms with van der Waals surface area (Å²) in [6.07, 6.45) is 3.99. The molecule has 1 saturated heterocycles. The van der Waals surface area contributed by atoms with Gasteiger partial charge in [0.2, 0.25) is 5.95 Å². The number of ether oxygens (including phenoxy) is 2. The third-order valence-electron chi connectivity index (χ3n) is 6.76. The van der Waals surface area contributed by atoms with E-state index in [4.69, 9.17) is 21.1 Å². The molecule has 1 N–H and O–H groups in total. The molecule has 1 saturated carbocycles. The lowest BCUT2D eigenvalue weighted by atomic mass is 9.77. The van der Waals surface area contributed by atoms with Crippen LogP contribution >= 0.6 is 11.6 Å². The monoisotopic (exact) mass is 503 g/mol. The summed E-state index contributed by atoms with van der Waals surface area (Å²) in [4.78, 5) is 11.3. The predicted molar refractivity (Wildman–Crippen MR) is 140 cm³/mol. The Bertz CT molecular complexity index is 1260. The molecule has 0 unspecified atom stereocenters. The topological polar surface area (TPSA) is 83.3 Å². The molecule has 0 radical (unpaired) electrons. The Labute approximate surface area is 217 Å². The molecule has 2 aromatic carbocycles. The summed E-state index contributed by atoms with van der Waals surface area (Å²) in [5.74, 6) is 2.01. The number of hydrogen-bond acceptors (Lipinski definition) is 7. The molecule has 1 aliphatic carbocycles. The minimum atomic E-state index is -0.364. The molecule has 3 aromatic rings. The van der Waals surface area contributed by atoms with Crippen molar-refractivity contribution in [3.05, 3.63) is 76.1 Å². The van der Waals surface area contributed by atoms with Gasteiger partial charge in [-0.1, -0.05) is 37.6 Å². The minimum absolute atomic E-state index is 0.178. The molecule has 0 amide bonds. The van der Waals surface area contributed by atoms with E-state index >= 15 is 0 Å². The van der Waals surface area contributed by atoms with Crippen LogP contribution in [0.2, 0.25) is 5.02 Å². The highest BCUT2D eigenvalue weighted by Crippen LogP contribution is 2.40. The van der Waals surface area contributed by atoms with Crippen LogP contribution < -0.4 is 19.7 Å². The lowest BCUT2D eigenvalue weighted by molar-refractivity contribution is 0.301. The lowest BCUT2D eigenvalue weighted by Crippen LogP contribution is -2.44. The van der Waals surface area contributed by atoms with E-state index in [-0.39, 0.29) is 11.5 Å². The van der Waals surface area contributed by atoms with Crippen LogP contribution in [-0.4, -0.2) is 42.3 Å². The first kappa shape index (κ1) is 24.4. The summed E-state index contributed by atoms with van der Waals surface area (Å²) in [6, 6.07) is 16.0. The molecule has 1 aliphatic heterocycles. The molecule has 36 heavy (non-hydrogen) atoms. The molecule has 0 bridgehead atoms. The zero-order chi connectivity index (χ0) is 25.1. The zero-order valence-electron chi connectivity index (χ0n) is 20.6. The first-order valence-corrected chi connectivity index (χ1v) is 12.7. The van der Waals surface area contributed by atoms with E-state index in [1.807, 2.05) is 30.3 Å². The molecule has 7 nitrogen and oxygen atoms in total. The van der Waals surface area contributed by atoms with Crippen molar-refractivity contribution in [1.29, 1.82) is 5.26 Å². The molecule has 0 spiro atoms. The van der Waals surface area contributed by atoms with Gasteiger partial charge in [0.25, 0.3) is 0 Å². The maximum Gasteiger partial charge on any atom is 0.225 e. The maximum atomic E-state index is 9.70. The van der Waals surface area contributed by atoms with Gasteiger partial charge in [-0.05, 0) is 54.3 Å². The Kier molecular flexibility index (Phi) is 6.99. The van der Waals surface area contributed by atoms with Crippen molar-refractivity contribution in [3.8, 4) is 17.6 Å². The first-order chi connectivity index (χ1) is 17.4. The molecule has 2 fully saturated rings. The van der Waals surface area contributed by atoms with Gasteiger partial charge in [0.05, 0.1) is 22.4 Å². The van der Waals surface area contributed by atoms with Crippen LogP contribution in [-0.2, 0) is 12.0 Å². The summed E-state index contributed by atoms with van der Waals surface area (Å²) < 4.78 is 11.9. The standard InChI is InChI=1S/C28H30ClN5O2/c1-28(2,21-15-19(17-30)26(25(29)16-21)36-24-7-8-24)20-3-5-23(6-4-20)35-18-22-9-10-32-27(33-22)34-13-11-31-12-14-34/h3-6,9-10,15-16,24,31H,7-8,11-14,18H2,1-2H3. The Hall–Kier alpha value is -3.34. The number of nitriles is 1. The number of anilines is 1. The van der Waals surface area contributed by atoms with Gasteiger partial charge in [0, 0.05) is 37.8 Å². The molecule has 2 aliphatic rings. The molecule has 1 aromatic heterocycles. The molecule has 2 heterocycles. The number of aromatic nitrogens is 2. The highest BCUT2D eigenvalue weighted by atomic mass is 35.5. The van der Waals surface area contributed by atoms with Crippen LogP contribution in [0.1, 0.15) is 49.1 Å². The zero-order valence-corrected chi connectivity index (χ0v) is 21.4. The van der Waals surface area contributed by atoms with Crippen LogP contribution in [0.15, 0.2) is 48.7 Å². The number of nitrogens with one attached hydrogen (secondary N) is 1. The maximum absolute atomic E-state index is 9.70. The van der Waals surface area contributed by atoms with E-state index in [1.165, 1.54) is 0 Å². The average molecular weight is 504 g/mol. The predicted octanol–water partition coefficient (Wildman–Crippen LogP) is 4.86. The SMILES string of the molecule is CC(C)(c1ccc(OCc2ccnc(N3CCNCC3)n2)cc1)c1cc(Cl)c(OC2CC2)c(C#N)c1. The molecular formula is C28H30ClN5O2. The average Bonchev–Trinajstić information content (AvgIpc) is 3.73. The fourth-order valence-corrected chi connectivity index (χ4v) is 4.55. The second-order valence-electron chi connectivity index (χ2n) is 9.79. The van der Waals surface area contributed by atoms with E-state index in [9.17, 15) is 5.26 Å². The first-order valence-electron chi connectivity index (χ1n) is 12.4. The van der Waals surface area contributed by atoms with Gasteiger partial charge in [-0.25, -0.2) is 9.97 Å². The normalized spacial score (nSPS) is 15.9. The number of benzene rings is 2. The van der Waals surface area contributed by atoms with Crippen LogP contribution in [0.4, 0.5) is 5.95 Å². The Balaban J connectivity index is 1.27. The molecule has 186 valence electrons. The van der Waals surface area contributed by atoms with Crippen LogP contribution in [0.5, 0.6) is 11.5 Å². The molecule has 8 heteroatoms. The van der Waals surface area contributed by atoms with Crippen molar-refractivity contribution in [3.63, 3.8) is 0 Å². The van der Waals surface area contributed by atoms with E-state index in [0.717, 1.165) is 67.5 Å².